The van der Waals surface area contributed by atoms with E-state index in [0.29, 0.717) is 11.0 Å². The van der Waals surface area contributed by atoms with E-state index in [9.17, 15) is 0 Å². The minimum Gasteiger partial charge on any atom is -0.369 e. The van der Waals surface area contributed by atoms with Crippen LogP contribution < -0.4 is 0 Å². The highest BCUT2D eigenvalue weighted by atomic mass is 79.9. The molecule has 0 aliphatic carbocycles. The number of halogens is 2. The van der Waals surface area contributed by atoms with Gasteiger partial charge in [0.15, 0.2) is 5.82 Å². The van der Waals surface area contributed by atoms with Gasteiger partial charge >= 0.3 is 0 Å². The fourth-order valence-electron chi connectivity index (χ4n) is 1.68. The van der Waals surface area contributed by atoms with E-state index in [1.54, 1.807) is 7.11 Å². The van der Waals surface area contributed by atoms with Crippen LogP contribution in [0.2, 0.25) is 5.15 Å². The number of nitrogens with zero attached hydrogens (tertiary/aromatic N) is 2. The number of aromatic nitrogens is 2. The number of rotatable bonds is 3. The SMILES string of the molecule is COC(c1ccccc1)c1nc(C)c(Br)c(Cl)n1. The van der Waals surface area contributed by atoms with Gasteiger partial charge in [-0.1, -0.05) is 41.9 Å². The van der Waals surface area contributed by atoms with Gasteiger partial charge in [-0.05, 0) is 28.4 Å². The first-order chi connectivity index (χ1) is 8.63. The first-order valence-corrected chi connectivity index (χ1v) is 6.58. The maximum absolute atomic E-state index is 6.05. The molecule has 0 aliphatic heterocycles. The second kappa shape index (κ2) is 5.78. The monoisotopic (exact) mass is 326 g/mol. The molecule has 2 aromatic rings. The van der Waals surface area contributed by atoms with E-state index in [-0.39, 0.29) is 6.10 Å². The van der Waals surface area contributed by atoms with Crippen molar-refractivity contribution in [2.75, 3.05) is 7.11 Å². The Hall–Kier alpha value is -0.970. The third kappa shape index (κ3) is 2.71. The molecule has 1 aromatic carbocycles. The molecule has 0 bridgehead atoms. The Morgan fingerprint density at radius 3 is 2.44 bits per heavy atom. The number of benzene rings is 1. The van der Waals surface area contributed by atoms with Crippen LogP contribution in [-0.2, 0) is 4.74 Å². The summed E-state index contributed by atoms with van der Waals surface area (Å²) in [5.74, 6) is 0.564. The van der Waals surface area contributed by atoms with Crippen molar-refractivity contribution in [3.05, 3.63) is 57.0 Å². The van der Waals surface area contributed by atoms with Gasteiger partial charge < -0.3 is 4.74 Å². The lowest BCUT2D eigenvalue weighted by molar-refractivity contribution is 0.129. The zero-order valence-corrected chi connectivity index (χ0v) is 12.4. The van der Waals surface area contributed by atoms with Gasteiger partial charge in [-0.3, -0.25) is 0 Å². The fraction of sp³-hybridized carbons (Fsp3) is 0.231. The lowest BCUT2D eigenvalue weighted by Crippen LogP contribution is -2.09. The van der Waals surface area contributed by atoms with Crippen molar-refractivity contribution < 1.29 is 4.74 Å². The Morgan fingerprint density at radius 2 is 1.89 bits per heavy atom. The summed E-state index contributed by atoms with van der Waals surface area (Å²) in [6.45, 7) is 1.87. The molecular weight excluding hydrogens is 316 g/mol. The van der Waals surface area contributed by atoms with E-state index in [1.165, 1.54) is 0 Å². The predicted octanol–water partition coefficient (Wildman–Crippen LogP) is 3.94. The minimum atomic E-state index is -0.310. The predicted molar refractivity (Wildman–Crippen MR) is 74.8 cm³/mol. The molecule has 0 saturated heterocycles. The second-order valence-corrected chi connectivity index (χ2v) is 4.95. The van der Waals surface area contributed by atoms with E-state index in [4.69, 9.17) is 16.3 Å². The lowest BCUT2D eigenvalue weighted by Gasteiger charge is -2.15. The number of hydrogen-bond acceptors (Lipinski definition) is 3. The van der Waals surface area contributed by atoms with Gasteiger partial charge in [0.05, 0.1) is 10.2 Å². The molecule has 1 unspecified atom stereocenters. The average molecular weight is 328 g/mol. The Labute approximate surface area is 119 Å². The molecule has 0 N–H and O–H groups in total. The van der Waals surface area contributed by atoms with Gasteiger partial charge in [0.25, 0.3) is 0 Å². The van der Waals surface area contributed by atoms with Crippen LogP contribution in [0, 0.1) is 6.92 Å². The zero-order valence-electron chi connectivity index (χ0n) is 10.0. The van der Waals surface area contributed by atoms with Crippen LogP contribution in [0.25, 0.3) is 0 Å². The second-order valence-electron chi connectivity index (χ2n) is 3.80. The molecule has 1 atom stereocenters. The summed E-state index contributed by atoms with van der Waals surface area (Å²) in [5, 5.41) is 0.399. The van der Waals surface area contributed by atoms with E-state index in [0.717, 1.165) is 15.7 Å². The van der Waals surface area contributed by atoms with Gasteiger partial charge in [-0.15, -0.1) is 0 Å². The maximum atomic E-state index is 6.05. The Kier molecular flexibility index (Phi) is 4.32. The third-order valence-corrected chi connectivity index (χ3v) is 4.02. The Morgan fingerprint density at radius 1 is 1.22 bits per heavy atom. The zero-order chi connectivity index (χ0) is 13.1. The minimum absolute atomic E-state index is 0.310. The van der Waals surface area contributed by atoms with E-state index < -0.39 is 0 Å². The highest BCUT2D eigenvalue weighted by Crippen LogP contribution is 2.28. The molecule has 1 aromatic heterocycles. The average Bonchev–Trinajstić information content (AvgIpc) is 2.38. The smallest absolute Gasteiger partial charge is 0.163 e. The van der Waals surface area contributed by atoms with Crippen LogP contribution in [0.4, 0.5) is 0 Å². The largest absolute Gasteiger partial charge is 0.369 e. The van der Waals surface area contributed by atoms with Crippen LogP contribution >= 0.6 is 27.5 Å². The van der Waals surface area contributed by atoms with Crippen LogP contribution in [0.1, 0.15) is 23.2 Å². The molecule has 3 nitrogen and oxygen atoms in total. The molecule has 0 aliphatic rings. The molecule has 0 spiro atoms. The van der Waals surface area contributed by atoms with Crippen LogP contribution in [0.15, 0.2) is 34.8 Å². The molecule has 0 amide bonds. The highest BCUT2D eigenvalue weighted by Gasteiger charge is 2.18. The number of ether oxygens (including phenoxy) is 1. The van der Waals surface area contributed by atoms with E-state index in [1.807, 2.05) is 37.3 Å². The van der Waals surface area contributed by atoms with Gasteiger partial charge in [-0.25, -0.2) is 9.97 Å². The van der Waals surface area contributed by atoms with Crippen LogP contribution in [-0.4, -0.2) is 17.1 Å². The first-order valence-electron chi connectivity index (χ1n) is 5.40. The number of hydrogen-bond donors (Lipinski definition) is 0. The highest BCUT2D eigenvalue weighted by molar-refractivity contribution is 9.10. The summed E-state index contributed by atoms with van der Waals surface area (Å²) in [6, 6.07) is 9.81. The fourth-order valence-corrected chi connectivity index (χ4v) is 2.08. The van der Waals surface area contributed by atoms with E-state index >= 15 is 0 Å². The summed E-state index contributed by atoms with van der Waals surface area (Å²) in [6.07, 6.45) is -0.310. The van der Waals surface area contributed by atoms with Crippen molar-refractivity contribution in [3.8, 4) is 0 Å². The van der Waals surface area contributed by atoms with Gasteiger partial charge in [0.2, 0.25) is 0 Å². The van der Waals surface area contributed by atoms with Crippen LogP contribution in [0.5, 0.6) is 0 Å². The first kappa shape index (κ1) is 13.5. The van der Waals surface area contributed by atoms with Crippen molar-refractivity contribution in [3.63, 3.8) is 0 Å². The van der Waals surface area contributed by atoms with Crippen molar-refractivity contribution >= 4 is 27.5 Å². The summed E-state index contributed by atoms with van der Waals surface area (Å²) in [4.78, 5) is 8.68. The molecule has 0 saturated carbocycles. The van der Waals surface area contributed by atoms with E-state index in [2.05, 4.69) is 25.9 Å². The Bertz CT molecular complexity index is 525. The maximum Gasteiger partial charge on any atom is 0.163 e. The quantitative estimate of drug-likeness (QED) is 0.801. The molecule has 1 heterocycles. The molecule has 94 valence electrons. The topological polar surface area (TPSA) is 35.0 Å². The normalized spacial score (nSPS) is 12.4. The Balaban J connectivity index is 2.46. The van der Waals surface area contributed by atoms with Crippen molar-refractivity contribution in [2.24, 2.45) is 0 Å². The van der Waals surface area contributed by atoms with Crippen molar-refractivity contribution in [2.45, 2.75) is 13.0 Å². The standard InChI is InChI=1S/C13H12BrClN2O/c1-8-10(14)12(15)17-13(16-8)11(18-2)9-6-4-3-5-7-9/h3-7,11H,1-2H3. The summed E-state index contributed by atoms with van der Waals surface area (Å²) in [7, 11) is 1.63. The molecule has 18 heavy (non-hydrogen) atoms. The molecule has 2 rings (SSSR count). The van der Waals surface area contributed by atoms with Crippen molar-refractivity contribution in [1.82, 2.24) is 9.97 Å². The van der Waals surface area contributed by atoms with Crippen LogP contribution in [0.3, 0.4) is 0 Å². The molecule has 0 fully saturated rings. The number of aryl methyl sites for hydroxylation is 1. The van der Waals surface area contributed by atoms with Gasteiger partial charge in [0.1, 0.15) is 11.3 Å². The van der Waals surface area contributed by atoms with Gasteiger partial charge in [-0.2, -0.15) is 0 Å². The molecule has 0 radical (unpaired) electrons. The van der Waals surface area contributed by atoms with Gasteiger partial charge in [0, 0.05) is 7.11 Å². The third-order valence-electron chi connectivity index (χ3n) is 2.57. The lowest BCUT2D eigenvalue weighted by atomic mass is 10.1. The van der Waals surface area contributed by atoms with Crippen molar-refractivity contribution in [1.29, 1.82) is 0 Å². The molecule has 5 heteroatoms. The number of methoxy groups -OCH3 is 1. The summed E-state index contributed by atoms with van der Waals surface area (Å²) < 4.78 is 6.19. The summed E-state index contributed by atoms with van der Waals surface area (Å²) in [5.41, 5.74) is 1.79. The molecular formula is C13H12BrClN2O. The summed E-state index contributed by atoms with van der Waals surface area (Å²) >= 11 is 9.40.